The Bertz CT molecular complexity index is 271. The highest BCUT2D eigenvalue weighted by atomic mass is 16.5. The maximum absolute atomic E-state index is 5.52. The van der Waals surface area contributed by atoms with Crippen molar-refractivity contribution in [2.45, 2.75) is 26.2 Å². The van der Waals surface area contributed by atoms with Gasteiger partial charge in [-0.2, -0.15) is 0 Å². The molecule has 0 aliphatic heterocycles. The fourth-order valence-electron chi connectivity index (χ4n) is 2.02. The highest BCUT2D eigenvalue weighted by Crippen LogP contribution is 2.33. The van der Waals surface area contributed by atoms with Crippen LogP contribution in [0.15, 0.2) is 35.6 Å². The molecule has 0 aromatic rings. The molecule has 2 aliphatic carbocycles. The van der Waals surface area contributed by atoms with Gasteiger partial charge in [-0.15, -0.1) is 0 Å². The zero-order chi connectivity index (χ0) is 9.10. The van der Waals surface area contributed by atoms with Crippen molar-refractivity contribution < 1.29 is 4.74 Å². The van der Waals surface area contributed by atoms with Gasteiger partial charge in [0.25, 0.3) is 0 Å². The van der Waals surface area contributed by atoms with E-state index in [1.165, 1.54) is 18.4 Å². The molecule has 1 atom stereocenters. The van der Waals surface area contributed by atoms with Crippen molar-refractivity contribution in [1.29, 1.82) is 0 Å². The zero-order valence-corrected chi connectivity index (χ0v) is 8.12. The highest BCUT2D eigenvalue weighted by molar-refractivity contribution is 5.33. The Balaban J connectivity index is 2.11. The summed E-state index contributed by atoms with van der Waals surface area (Å²) in [5.74, 6) is 1.88. The van der Waals surface area contributed by atoms with E-state index in [9.17, 15) is 0 Å². The van der Waals surface area contributed by atoms with Crippen molar-refractivity contribution >= 4 is 0 Å². The van der Waals surface area contributed by atoms with Gasteiger partial charge in [0.05, 0.1) is 12.4 Å². The van der Waals surface area contributed by atoms with Crippen molar-refractivity contribution in [1.82, 2.24) is 0 Å². The van der Waals surface area contributed by atoms with E-state index in [4.69, 9.17) is 4.74 Å². The largest absolute Gasteiger partial charge is 0.498 e. The third kappa shape index (κ3) is 1.85. The summed E-state index contributed by atoms with van der Waals surface area (Å²) in [5, 5.41) is 0. The number of hydrogen-bond acceptors (Lipinski definition) is 1. The molecule has 0 saturated heterocycles. The second-order valence-corrected chi connectivity index (χ2v) is 3.61. The molecule has 0 radical (unpaired) electrons. The van der Waals surface area contributed by atoms with E-state index < -0.39 is 0 Å². The molecule has 0 bridgehead atoms. The lowest BCUT2D eigenvalue weighted by molar-refractivity contribution is 0.207. The molecule has 1 unspecified atom stereocenters. The Morgan fingerprint density at radius 1 is 1.46 bits per heavy atom. The van der Waals surface area contributed by atoms with E-state index in [0.717, 1.165) is 24.7 Å². The molecule has 1 nitrogen and oxygen atoms in total. The Kier molecular flexibility index (Phi) is 2.53. The van der Waals surface area contributed by atoms with E-state index in [0.29, 0.717) is 0 Å². The number of hydrogen-bond donors (Lipinski definition) is 0. The summed E-state index contributed by atoms with van der Waals surface area (Å²) in [4.78, 5) is 0. The van der Waals surface area contributed by atoms with Crippen LogP contribution in [0.2, 0.25) is 0 Å². The van der Waals surface area contributed by atoms with Crippen molar-refractivity contribution in [3.05, 3.63) is 35.6 Å². The Morgan fingerprint density at radius 3 is 3.23 bits per heavy atom. The normalized spacial score (nSPS) is 26.1. The van der Waals surface area contributed by atoms with Gasteiger partial charge < -0.3 is 4.74 Å². The van der Waals surface area contributed by atoms with Gasteiger partial charge in [0, 0.05) is 6.42 Å². The average molecular weight is 176 g/mol. The minimum atomic E-state index is 0.719. The summed E-state index contributed by atoms with van der Waals surface area (Å²) in [5.41, 5.74) is 1.48. The van der Waals surface area contributed by atoms with Gasteiger partial charge in [-0.05, 0) is 37.3 Å². The van der Waals surface area contributed by atoms with Crippen LogP contribution in [0.4, 0.5) is 0 Å². The fraction of sp³-hybridized carbons (Fsp3) is 0.500. The summed E-state index contributed by atoms with van der Waals surface area (Å²) < 4.78 is 5.52. The monoisotopic (exact) mass is 176 g/mol. The van der Waals surface area contributed by atoms with Gasteiger partial charge in [-0.25, -0.2) is 0 Å². The Hall–Kier alpha value is -0.980. The molecule has 0 spiro atoms. The minimum Gasteiger partial charge on any atom is -0.498 e. The average Bonchev–Trinajstić information content (AvgIpc) is 2.18. The van der Waals surface area contributed by atoms with E-state index in [1.54, 1.807) is 0 Å². The number of allylic oxidation sites excluding steroid dienone is 6. The molecule has 1 heteroatoms. The predicted molar refractivity (Wildman–Crippen MR) is 54.3 cm³/mol. The second-order valence-electron chi connectivity index (χ2n) is 3.61. The van der Waals surface area contributed by atoms with Crippen LogP contribution in [0, 0.1) is 5.92 Å². The van der Waals surface area contributed by atoms with E-state index >= 15 is 0 Å². The topological polar surface area (TPSA) is 9.23 Å². The summed E-state index contributed by atoms with van der Waals surface area (Å²) in [7, 11) is 0. The maximum atomic E-state index is 5.52. The van der Waals surface area contributed by atoms with Crippen LogP contribution in [-0.2, 0) is 4.74 Å². The molecule has 0 N–H and O–H groups in total. The number of rotatable bonds is 2. The molecule has 13 heavy (non-hydrogen) atoms. The van der Waals surface area contributed by atoms with E-state index in [-0.39, 0.29) is 0 Å². The number of fused-ring (bicyclic) bond motifs is 1. The minimum absolute atomic E-state index is 0.719. The molecule has 2 rings (SSSR count). The van der Waals surface area contributed by atoms with Crippen molar-refractivity contribution in [2.75, 3.05) is 6.61 Å². The second kappa shape index (κ2) is 3.82. The summed E-state index contributed by atoms with van der Waals surface area (Å²) in [6.45, 7) is 2.83. The van der Waals surface area contributed by atoms with Crippen LogP contribution in [0.3, 0.4) is 0 Å². The maximum Gasteiger partial charge on any atom is 0.0965 e. The molecular weight excluding hydrogens is 160 g/mol. The van der Waals surface area contributed by atoms with Gasteiger partial charge in [0.1, 0.15) is 0 Å². The molecule has 0 amide bonds. The lowest BCUT2D eigenvalue weighted by Gasteiger charge is -2.25. The standard InChI is InChI=1S/C12H16O/c1-2-13-12-8-7-10-5-3-4-6-11(10)9-12/h3,5,7-8,11H,2,4,6,9H2,1H3. The fourth-order valence-corrected chi connectivity index (χ4v) is 2.02. The lowest BCUT2D eigenvalue weighted by Crippen LogP contribution is -2.11. The van der Waals surface area contributed by atoms with E-state index in [2.05, 4.69) is 24.3 Å². The van der Waals surface area contributed by atoms with Gasteiger partial charge in [0.2, 0.25) is 0 Å². The summed E-state index contributed by atoms with van der Waals surface area (Å²) in [6, 6.07) is 0. The van der Waals surface area contributed by atoms with Crippen LogP contribution >= 0.6 is 0 Å². The van der Waals surface area contributed by atoms with Crippen molar-refractivity contribution in [3.63, 3.8) is 0 Å². The first-order valence-electron chi connectivity index (χ1n) is 5.10. The number of ether oxygens (including phenoxy) is 1. The van der Waals surface area contributed by atoms with Crippen LogP contribution in [-0.4, -0.2) is 6.61 Å². The summed E-state index contributed by atoms with van der Waals surface area (Å²) in [6.07, 6.45) is 12.5. The predicted octanol–water partition coefficient (Wildman–Crippen LogP) is 3.20. The van der Waals surface area contributed by atoms with Gasteiger partial charge in [-0.3, -0.25) is 0 Å². The van der Waals surface area contributed by atoms with Crippen molar-refractivity contribution in [2.24, 2.45) is 5.92 Å². The van der Waals surface area contributed by atoms with E-state index in [1.807, 2.05) is 6.92 Å². The molecule has 2 aliphatic rings. The van der Waals surface area contributed by atoms with Crippen LogP contribution < -0.4 is 0 Å². The summed E-state index contributed by atoms with van der Waals surface area (Å²) >= 11 is 0. The van der Waals surface area contributed by atoms with Crippen LogP contribution in [0.1, 0.15) is 26.2 Å². The third-order valence-electron chi connectivity index (χ3n) is 2.70. The highest BCUT2D eigenvalue weighted by Gasteiger charge is 2.19. The molecular formula is C12H16O. The Morgan fingerprint density at radius 2 is 2.38 bits per heavy atom. The first kappa shape index (κ1) is 8.61. The molecule has 0 aromatic carbocycles. The first-order chi connectivity index (χ1) is 6.40. The smallest absolute Gasteiger partial charge is 0.0965 e. The van der Waals surface area contributed by atoms with Gasteiger partial charge in [-0.1, -0.05) is 18.2 Å². The molecule has 70 valence electrons. The van der Waals surface area contributed by atoms with Crippen LogP contribution in [0.5, 0.6) is 0 Å². The molecule has 0 aromatic heterocycles. The molecule has 0 saturated carbocycles. The zero-order valence-electron chi connectivity index (χ0n) is 8.12. The SMILES string of the molecule is CCOC1=CC=C2C=CCCC2C1. The molecule has 0 fully saturated rings. The third-order valence-corrected chi connectivity index (χ3v) is 2.70. The quantitative estimate of drug-likeness (QED) is 0.627. The lowest BCUT2D eigenvalue weighted by atomic mass is 9.83. The Labute approximate surface area is 79.8 Å². The first-order valence-corrected chi connectivity index (χ1v) is 5.10. The van der Waals surface area contributed by atoms with Gasteiger partial charge >= 0.3 is 0 Å². The van der Waals surface area contributed by atoms with Gasteiger partial charge in [0.15, 0.2) is 0 Å². The van der Waals surface area contributed by atoms with Crippen molar-refractivity contribution in [3.8, 4) is 0 Å². The molecule has 0 heterocycles. The van der Waals surface area contributed by atoms with Crippen LogP contribution in [0.25, 0.3) is 0 Å².